The highest BCUT2D eigenvalue weighted by molar-refractivity contribution is 8.01. The summed E-state index contributed by atoms with van der Waals surface area (Å²) >= 11 is 0. The first-order chi connectivity index (χ1) is 4.19. The van der Waals surface area contributed by atoms with E-state index in [0.29, 0.717) is 0 Å². The number of hydrogen-bond acceptors (Lipinski definition) is 1. The second-order valence-electron chi connectivity index (χ2n) is 1.95. The van der Waals surface area contributed by atoms with Gasteiger partial charge in [0.2, 0.25) is 0 Å². The third kappa shape index (κ3) is 1.63. The van der Waals surface area contributed by atoms with E-state index in [1.807, 2.05) is 0 Å². The maximum Gasteiger partial charge on any atom is 0.476 e. The second-order valence-corrected chi connectivity index (χ2v) is 4.44. The van der Waals surface area contributed by atoms with Gasteiger partial charge in [0, 0.05) is 0 Å². The van der Waals surface area contributed by atoms with Gasteiger partial charge in [-0.25, -0.2) is 4.21 Å². The van der Waals surface area contributed by atoms with E-state index >= 15 is 0 Å². The Morgan fingerprint density at radius 3 is 1.70 bits per heavy atom. The van der Waals surface area contributed by atoms with Crippen molar-refractivity contribution in [3.05, 3.63) is 0 Å². The first kappa shape index (κ1) is 9.77. The summed E-state index contributed by atoms with van der Waals surface area (Å²) in [6.45, 7) is 2.19. The smallest absolute Gasteiger partial charge is 0.252 e. The van der Waals surface area contributed by atoms with Gasteiger partial charge in [-0.2, -0.15) is 13.2 Å². The molecule has 2 nitrogen and oxygen atoms in total. The van der Waals surface area contributed by atoms with Crippen LogP contribution in [0.15, 0.2) is 0 Å². The summed E-state index contributed by atoms with van der Waals surface area (Å²) in [6, 6.07) is 0. The van der Waals surface area contributed by atoms with E-state index in [1.54, 1.807) is 0 Å². The lowest BCUT2D eigenvalue weighted by Crippen LogP contribution is -2.34. The Balaban J connectivity index is 5.18. The van der Waals surface area contributed by atoms with E-state index in [9.17, 15) is 17.4 Å². The first-order valence-electron chi connectivity index (χ1n) is 2.38. The number of hydrogen-bond donors (Lipinski definition) is 1. The number of nitrogens with two attached hydrogens (primary N) is 1. The van der Waals surface area contributed by atoms with Crippen LogP contribution in [0.5, 0.6) is 0 Å². The molecule has 0 saturated carbocycles. The topological polar surface area (TPSA) is 43.1 Å². The molecule has 0 aromatic rings. The Kier molecular flexibility index (Phi) is 2.37. The van der Waals surface area contributed by atoms with Gasteiger partial charge in [0.1, 0.15) is 9.71 Å². The summed E-state index contributed by atoms with van der Waals surface area (Å²) in [5.41, 5.74) is -4.81. The van der Waals surface area contributed by atoms with Crippen LogP contribution in [0.1, 0.15) is 13.8 Å². The molecule has 62 valence electrons. The van der Waals surface area contributed by atoms with Gasteiger partial charge >= 0.3 is 5.51 Å². The standard InChI is InChI=1S/C4H8F3NOS/c1-3(2)10(8,9)4(5,6)7/h1-2H3,(H2,8,9). The fourth-order valence-electron chi connectivity index (χ4n) is 0.231. The average Bonchev–Trinajstić information content (AvgIpc) is 1.62. The molecule has 6 heteroatoms. The molecule has 0 aromatic carbocycles. The Labute approximate surface area is 57.4 Å². The molecular weight excluding hydrogens is 167 g/mol. The number of rotatable bonds is 0. The molecule has 0 aliphatic carbocycles. The largest absolute Gasteiger partial charge is 0.476 e. The monoisotopic (exact) mass is 175 g/mol. The molecule has 0 heterocycles. The van der Waals surface area contributed by atoms with Crippen LogP contribution in [0.25, 0.3) is 0 Å². The Morgan fingerprint density at radius 1 is 1.40 bits per heavy atom. The van der Waals surface area contributed by atoms with Crippen LogP contribution in [-0.2, 0) is 9.71 Å². The molecule has 0 amide bonds. The Morgan fingerprint density at radius 2 is 1.70 bits per heavy atom. The van der Waals surface area contributed by atoms with Crippen LogP contribution < -0.4 is 5.14 Å². The van der Waals surface area contributed by atoms with E-state index in [1.165, 1.54) is 0 Å². The molecular formula is C4H8F3NOS. The van der Waals surface area contributed by atoms with Crippen LogP contribution in [0, 0.1) is 0 Å². The van der Waals surface area contributed by atoms with Crippen LogP contribution in [0.4, 0.5) is 13.2 Å². The zero-order chi connectivity index (χ0) is 8.58. The molecule has 0 fully saturated rings. The van der Waals surface area contributed by atoms with Gasteiger partial charge in [-0.3, -0.25) is 5.14 Å². The van der Waals surface area contributed by atoms with Gasteiger partial charge in [0.25, 0.3) is 0 Å². The number of alkyl halides is 3. The van der Waals surface area contributed by atoms with Crippen LogP contribution in [0.2, 0.25) is 0 Å². The SMILES string of the molecule is CC(C)=S(N)(=O)C(F)(F)F. The lowest BCUT2D eigenvalue weighted by atomic mass is 10.6. The van der Waals surface area contributed by atoms with Crippen molar-refractivity contribution in [1.82, 2.24) is 0 Å². The van der Waals surface area contributed by atoms with E-state index in [4.69, 9.17) is 0 Å². The van der Waals surface area contributed by atoms with Crippen molar-refractivity contribution in [2.24, 2.45) is 5.14 Å². The molecule has 0 aromatic heterocycles. The average molecular weight is 175 g/mol. The van der Waals surface area contributed by atoms with Gasteiger partial charge in [-0.05, 0) is 18.7 Å². The third-order valence-electron chi connectivity index (χ3n) is 0.950. The summed E-state index contributed by atoms with van der Waals surface area (Å²) < 4.78 is 45.5. The predicted molar refractivity (Wildman–Crippen MR) is 34.7 cm³/mol. The molecule has 0 saturated heterocycles. The van der Waals surface area contributed by atoms with Crippen LogP contribution >= 0.6 is 0 Å². The predicted octanol–water partition coefficient (Wildman–Crippen LogP) is 0.877. The van der Waals surface area contributed by atoms with Crippen LogP contribution in [-0.4, -0.2) is 14.6 Å². The minimum Gasteiger partial charge on any atom is -0.252 e. The van der Waals surface area contributed by atoms with E-state index in [2.05, 4.69) is 5.14 Å². The summed E-state index contributed by atoms with van der Waals surface area (Å²) in [5, 5.41) is 4.50. The van der Waals surface area contributed by atoms with Gasteiger partial charge in [-0.15, -0.1) is 0 Å². The molecule has 1 atom stereocenters. The lowest BCUT2D eigenvalue weighted by molar-refractivity contribution is -0.0393. The molecule has 0 rings (SSSR count). The van der Waals surface area contributed by atoms with Crippen molar-refractivity contribution in [2.75, 3.05) is 0 Å². The molecule has 10 heavy (non-hydrogen) atoms. The molecule has 0 aliphatic heterocycles. The quantitative estimate of drug-likeness (QED) is 0.545. The Hall–Kier alpha value is -0.230. The molecule has 0 aliphatic rings. The second kappa shape index (κ2) is 2.43. The minimum absolute atomic E-state index is 0.306. The van der Waals surface area contributed by atoms with E-state index < -0.39 is 15.2 Å². The normalized spacial score (nSPS) is 18.2. The molecule has 0 radical (unpaired) electrons. The van der Waals surface area contributed by atoms with Crippen molar-refractivity contribution in [3.63, 3.8) is 0 Å². The maximum atomic E-state index is 11.7. The molecule has 0 spiro atoms. The highest BCUT2D eigenvalue weighted by Crippen LogP contribution is 2.21. The van der Waals surface area contributed by atoms with E-state index in [0.717, 1.165) is 13.8 Å². The van der Waals surface area contributed by atoms with Crippen molar-refractivity contribution >= 4 is 14.6 Å². The van der Waals surface area contributed by atoms with Gasteiger partial charge in [0.15, 0.2) is 0 Å². The molecule has 2 N–H and O–H groups in total. The molecule has 1 unspecified atom stereocenters. The molecule has 0 bridgehead atoms. The van der Waals surface area contributed by atoms with Gasteiger partial charge in [-0.1, -0.05) is 0 Å². The summed E-state index contributed by atoms with van der Waals surface area (Å²) in [7, 11) is -4.25. The van der Waals surface area contributed by atoms with E-state index in [-0.39, 0.29) is 4.86 Å². The first-order valence-corrected chi connectivity index (χ1v) is 4.00. The zero-order valence-corrected chi connectivity index (χ0v) is 6.34. The van der Waals surface area contributed by atoms with Gasteiger partial charge in [0.05, 0.1) is 0 Å². The summed E-state index contributed by atoms with van der Waals surface area (Å²) in [6.07, 6.45) is 0. The highest BCUT2D eigenvalue weighted by atomic mass is 32.2. The van der Waals surface area contributed by atoms with Gasteiger partial charge < -0.3 is 0 Å². The fourth-order valence-corrected chi connectivity index (χ4v) is 0.694. The zero-order valence-electron chi connectivity index (χ0n) is 5.53. The lowest BCUT2D eigenvalue weighted by Gasteiger charge is -2.10. The minimum atomic E-state index is -4.81. The summed E-state index contributed by atoms with van der Waals surface area (Å²) in [5.74, 6) is 0. The van der Waals surface area contributed by atoms with Crippen LogP contribution in [0.3, 0.4) is 0 Å². The number of halogens is 3. The Bertz CT molecular complexity index is 231. The third-order valence-corrected chi connectivity index (χ3v) is 2.85. The maximum absolute atomic E-state index is 11.7. The fraction of sp³-hybridized carbons (Fsp3) is 0.750. The van der Waals surface area contributed by atoms with Crippen molar-refractivity contribution in [1.29, 1.82) is 0 Å². The van der Waals surface area contributed by atoms with Crippen molar-refractivity contribution in [2.45, 2.75) is 19.4 Å². The highest BCUT2D eigenvalue weighted by Gasteiger charge is 2.39. The van der Waals surface area contributed by atoms with Crippen molar-refractivity contribution < 1.29 is 17.4 Å². The summed E-state index contributed by atoms with van der Waals surface area (Å²) in [4.78, 5) is -0.306. The van der Waals surface area contributed by atoms with Crippen molar-refractivity contribution in [3.8, 4) is 0 Å².